The van der Waals surface area contributed by atoms with Gasteiger partial charge in [0.25, 0.3) is 8.32 Å². The lowest BCUT2D eigenvalue weighted by Crippen LogP contribution is -2.66. The molecule has 0 heterocycles. The van der Waals surface area contributed by atoms with Gasteiger partial charge in [0.05, 0.1) is 40.1 Å². The van der Waals surface area contributed by atoms with Gasteiger partial charge in [-0.2, -0.15) is 0 Å². The fraction of sp³-hybridized carbons (Fsp3) is 0.512. The Labute approximate surface area is 339 Å². The molecule has 12 heteroatoms. The van der Waals surface area contributed by atoms with Gasteiger partial charge in [-0.3, -0.25) is 0 Å². The van der Waals surface area contributed by atoms with Crippen molar-refractivity contribution in [2.24, 2.45) is 0 Å². The summed E-state index contributed by atoms with van der Waals surface area (Å²) in [6, 6.07) is 25.5. The van der Waals surface area contributed by atoms with E-state index in [0.29, 0.717) is 51.1 Å². The number of rotatable bonds is 22. The van der Waals surface area contributed by atoms with E-state index in [2.05, 4.69) is 131 Å². The molecular weight excluding hydrogens is 757 g/mol. The van der Waals surface area contributed by atoms with E-state index >= 15 is 0 Å². The maximum Gasteiger partial charge on any atom is 0.261 e. The van der Waals surface area contributed by atoms with E-state index in [0.717, 1.165) is 57.4 Å². The van der Waals surface area contributed by atoms with Crippen molar-refractivity contribution < 1.29 is 23.4 Å². The number of hydrogen-bond donors (Lipinski definition) is 0. The summed E-state index contributed by atoms with van der Waals surface area (Å²) in [6.07, 6.45) is 0. The van der Waals surface area contributed by atoms with E-state index in [9.17, 15) is 0 Å². The van der Waals surface area contributed by atoms with Crippen LogP contribution in [0.1, 0.15) is 59.6 Å². The van der Waals surface area contributed by atoms with Crippen molar-refractivity contribution in [2.75, 3.05) is 72.9 Å². The number of nitrogens with zero attached hydrogens (tertiary/aromatic N) is 2. The molecule has 0 aromatic heterocycles. The van der Waals surface area contributed by atoms with Gasteiger partial charge in [0.15, 0.2) is 0 Å². The molecule has 3 aromatic carbocycles. The Kier molecular flexibility index (Phi) is 20.2. The predicted octanol–water partition coefficient (Wildman–Crippen LogP) is 8.40. The van der Waals surface area contributed by atoms with Crippen molar-refractivity contribution in [3.63, 3.8) is 0 Å². The van der Waals surface area contributed by atoms with E-state index in [1.807, 2.05) is 0 Å². The van der Waals surface area contributed by atoms with Crippen LogP contribution in [0.2, 0.25) is 5.04 Å². The minimum atomic E-state index is -2.58. The molecule has 0 unspecified atom stereocenters. The average Bonchev–Trinajstić information content (AvgIpc) is 3.16. The van der Waals surface area contributed by atoms with Crippen LogP contribution >= 0.6 is 48.0 Å². The zero-order valence-electron chi connectivity index (χ0n) is 33.0. The van der Waals surface area contributed by atoms with Crippen LogP contribution < -0.4 is 19.8 Å². The first kappa shape index (κ1) is 45.2. The van der Waals surface area contributed by atoms with Crippen LogP contribution in [-0.4, -0.2) is 99.7 Å². The van der Waals surface area contributed by atoms with Gasteiger partial charge in [0.2, 0.25) is 0 Å². The van der Waals surface area contributed by atoms with Gasteiger partial charge in [-0.15, -0.1) is 0 Å². The molecule has 0 radical (unpaired) electrons. The van der Waals surface area contributed by atoms with Crippen molar-refractivity contribution in [1.82, 2.24) is 9.80 Å². The standard InChI is InChI=1S/C41H60N2O5S4Si/c1-9-42(10-2)39(49)51-31-33-30-38(34(29-37(33)44-8)32-52-40(50)43(11-3)12-4)47-27-25-45-23-24-46-26-28-48-53(41(5,6)7,35-19-15-13-16-20-35)36-21-17-14-18-22-36/h13-22,29-30H,9-12,23-28,31-32H2,1-8H3. The average molecular weight is 817 g/mol. The number of thiocarbonyl (C=S) groups is 2. The second-order valence-corrected chi connectivity index (χ2v) is 20.8. The van der Waals surface area contributed by atoms with Gasteiger partial charge < -0.3 is 33.2 Å². The smallest absolute Gasteiger partial charge is 0.261 e. The topological polar surface area (TPSA) is 52.6 Å². The maximum atomic E-state index is 6.93. The summed E-state index contributed by atoms with van der Waals surface area (Å²) >= 11 is 14.7. The van der Waals surface area contributed by atoms with Crippen LogP contribution in [0.25, 0.3) is 0 Å². The van der Waals surface area contributed by atoms with Crippen LogP contribution in [0.3, 0.4) is 0 Å². The SMILES string of the molecule is CCN(CC)C(=S)SCc1cc(OCCOCCOCCO[Si](c2ccccc2)(c2ccccc2)C(C)(C)C)c(CSC(=S)N(CC)CC)cc1OC. The molecule has 0 saturated carbocycles. The monoisotopic (exact) mass is 816 g/mol. The van der Waals surface area contributed by atoms with E-state index in [4.69, 9.17) is 47.8 Å². The number of methoxy groups -OCH3 is 1. The van der Waals surface area contributed by atoms with Gasteiger partial charge in [-0.1, -0.05) is 129 Å². The van der Waals surface area contributed by atoms with Crippen molar-refractivity contribution in [2.45, 2.75) is 65.0 Å². The second kappa shape index (κ2) is 23.7. The van der Waals surface area contributed by atoms with Crippen LogP contribution in [0.5, 0.6) is 11.5 Å². The summed E-state index contributed by atoms with van der Waals surface area (Å²) in [5.41, 5.74) is 2.07. The molecule has 0 fully saturated rings. The molecule has 7 nitrogen and oxygen atoms in total. The largest absolute Gasteiger partial charge is 0.496 e. The number of benzene rings is 3. The summed E-state index contributed by atoms with van der Waals surface area (Å²) in [5.74, 6) is 3.00. The molecule has 3 rings (SSSR count). The molecule has 0 bridgehead atoms. The first-order chi connectivity index (χ1) is 25.6. The lowest BCUT2D eigenvalue weighted by molar-refractivity contribution is 0.0263. The summed E-state index contributed by atoms with van der Waals surface area (Å²) in [4.78, 5) is 4.38. The van der Waals surface area contributed by atoms with Crippen LogP contribution in [0, 0.1) is 0 Å². The Morgan fingerprint density at radius 1 is 0.623 bits per heavy atom. The molecule has 53 heavy (non-hydrogen) atoms. The fourth-order valence-corrected chi connectivity index (χ4v) is 13.5. The van der Waals surface area contributed by atoms with Gasteiger partial charge in [-0.05, 0) is 55.2 Å². The van der Waals surface area contributed by atoms with Gasteiger partial charge >= 0.3 is 0 Å². The highest BCUT2D eigenvalue weighted by Gasteiger charge is 2.50. The predicted molar refractivity (Wildman–Crippen MR) is 237 cm³/mol. The van der Waals surface area contributed by atoms with E-state index < -0.39 is 8.32 Å². The zero-order chi connectivity index (χ0) is 38.7. The summed E-state index contributed by atoms with van der Waals surface area (Å²) < 4.78 is 32.8. The Morgan fingerprint density at radius 3 is 1.47 bits per heavy atom. The Balaban J connectivity index is 1.56. The summed E-state index contributed by atoms with van der Waals surface area (Å²) in [5, 5.41) is 2.46. The van der Waals surface area contributed by atoms with E-state index in [1.54, 1.807) is 30.6 Å². The van der Waals surface area contributed by atoms with Gasteiger partial charge in [-0.25, -0.2) is 0 Å². The Morgan fingerprint density at radius 2 is 1.04 bits per heavy atom. The third kappa shape index (κ3) is 13.2. The zero-order valence-corrected chi connectivity index (χ0v) is 37.2. The van der Waals surface area contributed by atoms with Crippen molar-refractivity contribution in [1.29, 1.82) is 0 Å². The van der Waals surface area contributed by atoms with Crippen molar-refractivity contribution in [3.8, 4) is 11.5 Å². The first-order valence-electron chi connectivity index (χ1n) is 18.6. The minimum absolute atomic E-state index is 0.0732. The molecule has 292 valence electrons. The molecule has 0 amide bonds. The first-order valence-corrected chi connectivity index (χ1v) is 23.3. The highest BCUT2D eigenvalue weighted by molar-refractivity contribution is 8.22. The van der Waals surface area contributed by atoms with Gasteiger partial charge in [0, 0.05) is 48.8 Å². The summed E-state index contributed by atoms with van der Waals surface area (Å²) in [6.45, 7) is 21.7. The molecule has 0 atom stereocenters. The van der Waals surface area contributed by atoms with Crippen LogP contribution in [0.4, 0.5) is 0 Å². The quantitative estimate of drug-likeness (QED) is 0.0559. The molecule has 0 spiro atoms. The Bertz CT molecular complexity index is 1480. The molecule has 0 aliphatic carbocycles. The second-order valence-electron chi connectivity index (χ2n) is 13.3. The highest BCUT2D eigenvalue weighted by Crippen LogP contribution is 2.37. The lowest BCUT2D eigenvalue weighted by atomic mass is 10.1. The highest BCUT2D eigenvalue weighted by atomic mass is 32.2. The van der Waals surface area contributed by atoms with Crippen LogP contribution in [0.15, 0.2) is 72.8 Å². The van der Waals surface area contributed by atoms with Crippen LogP contribution in [-0.2, 0) is 25.4 Å². The van der Waals surface area contributed by atoms with Gasteiger partial charge in [0.1, 0.15) is 26.7 Å². The molecule has 0 aliphatic heterocycles. The van der Waals surface area contributed by atoms with Crippen molar-refractivity contribution in [3.05, 3.63) is 83.9 Å². The normalized spacial score (nSPS) is 11.7. The minimum Gasteiger partial charge on any atom is -0.496 e. The maximum absolute atomic E-state index is 6.93. The van der Waals surface area contributed by atoms with E-state index in [-0.39, 0.29) is 5.04 Å². The number of thioether (sulfide) groups is 2. The molecule has 0 aliphatic rings. The summed E-state index contributed by atoms with van der Waals surface area (Å²) in [7, 11) is -0.871. The fourth-order valence-electron chi connectivity index (χ4n) is 6.17. The third-order valence-electron chi connectivity index (χ3n) is 9.03. The van der Waals surface area contributed by atoms with Crippen molar-refractivity contribution >= 4 is 75.3 Å². The number of ether oxygens (including phenoxy) is 4. The van der Waals surface area contributed by atoms with E-state index in [1.165, 1.54) is 10.4 Å². The molecule has 0 saturated heterocycles. The Hall–Kier alpha value is -2.16. The molecule has 0 N–H and O–H groups in total. The number of hydrogen-bond acceptors (Lipinski definition) is 9. The lowest BCUT2D eigenvalue weighted by Gasteiger charge is -2.43. The third-order valence-corrected chi connectivity index (χ3v) is 17.2. The molecular formula is C41H60N2O5S4Si. The molecule has 3 aromatic rings.